The topological polar surface area (TPSA) is 20.3 Å². The number of amides is 1. The Kier molecular flexibility index (Phi) is 5.89. The highest BCUT2D eigenvalue weighted by Crippen LogP contribution is 2.33. The van der Waals surface area contributed by atoms with Gasteiger partial charge in [-0.15, -0.1) is 0 Å². The predicted molar refractivity (Wildman–Crippen MR) is 85.5 cm³/mol. The third kappa shape index (κ3) is 4.06. The summed E-state index contributed by atoms with van der Waals surface area (Å²) in [5, 5.41) is 0.981. The number of likely N-dealkylation sites (tertiary alicyclic amines) is 1. The molecule has 1 aliphatic heterocycles. The van der Waals surface area contributed by atoms with Gasteiger partial charge >= 0.3 is 0 Å². The summed E-state index contributed by atoms with van der Waals surface area (Å²) in [4.78, 5) is 14.4. The highest BCUT2D eigenvalue weighted by atomic mass is 79.9. The second-order valence-electron chi connectivity index (χ2n) is 4.95. The van der Waals surface area contributed by atoms with Gasteiger partial charge in [0.2, 0.25) is 5.91 Å². The average molecular weight is 389 g/mol. The van der Waals surface area contributed by atoms with Gasteiger partial charge in [0.25, 0.3) is 0 Å². The maximum absolute atomic E-state index is 12.3. The number of alkyl halides is 1. The lowest BCUT2D eigenvalue weighted by atomic mass is 10.0. The molecular formula is C15H19Br2NO. The number of carbonyl (C=O) groups is 1. The van der Waals surface area contributed by atoms with Crippen LogP contribution in [0.5, 0.6) is 0 Å². The lowest BCUT2D eigenvalue weighted by Crippen LogP contribution is -2.30. The Morgan fingerprint density at radius 1 is 1.37 bits per heavy atom. The molecule has 1 heterocycles. The van der Waals surface area contributed by atoms with E-state index < -0.39 is 0 Å². The van der Waals surface area contributed by atoms with Crippen molar-refractivity contribution < 1.29 is 4.79 Å². The number of hydrogen-bond donors (Lipinski definition) is 0. The maximum atomic E-state index is 12.3. The first-order valence-electron chi connectivity index (χ1n) is 6.83. The summed E-state index contributed by atoms with van der Waals surface area (Å²) in [5.74, 6) is 0.309. The summed E-state index contributed by atoms with van der Waals surface area (Å²) < 4.78 is 1.09. The Morgan fingerprint density at radius 3 is 2.95 bits per heavy atom. The normalized spacial score (nSPS) is 18.8. The van der Waals surface area contributed by atoms with Crippen molar-refractivity contribution in [1.29, 1.82) is 0 Å². The molecule has 2 rings (SSSR count). The molecule has 4 heteroatoms. The minimum atomic E-state index is 0.272. The van der Waals surface area contributed by atoms with Gasteiger partial charge in [-0.2, -0.15) is 0 Å². The quantitative estimate of drug-likeness (QED) is 0.529. The number of halogens is 2. The van der Waals surface area contributed by atoms with E-state index in [1.54, 1.807) is 0 Å². The van der Waals surface area contributed by atoms with Crippen molar-refractivity contribution in [3.05, 3.63) is 34.3 Å². The lowest BCUT2D eigenvalue weighted by molar-refractivity contribution is -0.132. The van der Waals surface area contributed by atoms with Crippen molar-refractivity contribution in [3.63, 3.8) is 0 Å². The number of carbonyl (C=O) groups excluding carboxylic acids is 1. The number of nitrogens with zero attached hydrogens (tertiary/aromatic N) is 1. The van der Waals surface area contributed by atoms with Crippen LogP contribution in [0.2, 0.25) is 0 Å². The van der Waals surface area contributed by atoms with Gasteiger partial charge in [-0.25, -0.2) is 0 Å². The predicted octanol–water partition coefficient (Wildman–Crippen LogP) is 4.68. The molecule has 104 valence electrons. The van der Waals surface area contributed by atoms with Crippen LogP contribution in [0.1, 0.15) is 43.7 Å². The van der Waals surface area contributed by atoms with Crippen LogP contribution >= 0.6 is 31.9 Å². The van der Waals surface area contributed by atoms with Crippen LogP contribution in [0.15, 0.2) is 28.7 Å². The third-order valence-electron chi connectivity index (χ3n) is 3.58. The number of rotatable bonds is 5. The molecule has 0 spiro atoms. The molecule has 0 bridgehead atoms. The molecule has 1 saturated heterocycles. The second kappa shape index (κ2) is 7.44. The monoisotopic (exact) mass is 387 g/mol. The molecule has 0 aromatic heterocycles. The Hall–Kier alpha value is -0.350. The zero-order valence-electron chi connectivity index (χ0n) is 10.9. The van der Waals surface area contributed by atoms with E-state index in [0.717, 1.165) is 42.0 Å². The number of benzene rings is 1. The molecule has 0 aliphatic carbocycles. The lowest BCUT2D eigenvalue weighted by Gasteiger charge is -2.25. The van der Waals surface area contributed by atoms with Crippen molar-refractivity contribution in [2.75, 3.05) is 11.9 Å². The van der Waals surface area contributed by atoms with Crippen LogP contribution in [-0.2, 0) is 4.79 Å². The van der Waals surface area contributed by atoms with E-state index in [-0.39, 0.29) is 6.04 Å². The highest BCUT2D eigenvalue weighted by Gasteiger charge is 2.29. The second-order valence-corrected chi connectivity index (χ2v) is 6.65. The smallest absolute Gasteiger partial charge is 0.223 e. The molecule has 1 aliphatic rings. The molecule has 1 amide bonds. The Bertz CT molecular complexity index is 436. The molecule has 0 radical (unpaired) electrons. The molecule has 0 saturated carbocycles. The summed E-state index contributed by atoms with van der Waals surface area (Å²) in [5.41, 5.74) is 1.25. The van der Waals surface area contributed by atoms with Crippen molar-refractivity contribution in [1.82, 2.24) is 4.90 Å². The first-order chi connectivity index (χ1) is 9.22. The van der Waals surface area contributed by atoms with E-state index in [0.29, 0.717) is 12.3 Å². The first-order valence-corrected chi connectivity index (χ1v) is 8.74. The van der Waals surface area contributed by atoms with Crippen molar-refractivity contribution >= 4 is 37.8 Å². The van der Waals surface area contributed by atoms with E-state index in [9.17, 15) is 4.79 Å². The zero-order chi connectivity index (χ0) is 13.7. The minimum absolute atomic E-state index is 0.272. The third-order valence-corrected chi connectivity index (χ3v) is 4.63. The molecule has 0 N–H and O–H groups in total. The van der Waals surface area contributed by atoms with E-state index >= 15 is 0 Å². The summed E-state index contributed by atoms with van der Waals surface area (Å²) >= 11 is 6.92. The SMILES string of the molecule is O=C(CCCCBr)N1CCCC1c1cccc(Br)c1. The average Bonchev–Trinajstić information content (AvgIpc) is 2.88. The standard InChI is InChI=1S/C15H19Br2NO/c16-9-2-1-8-15(19)18-10-4-7-14(18)12-5-3-6-13(17)11-12/h3,5-6,11,14H,1-2,4,7-10H2. The van der Waals surface area contributed by atoms with Crippen molar-refractivity contribution in [2.45, 2.75) is 38.1 Å². The van der Waals surface area contributed by atoms with Gasteiger partial charge in [-0.05, 0) is 43.4 Å². The summed E-state index contributed by atoms with van der Waals surface area (Å²) in [6, 6.07) is 8.61. The fourth-order valence-corrected chi connectivity index (χ4v) is 3.45. The molecule has 1 atom stereocenters. The van der Waals surface area contributed by atoms with Gasteiger partial charge in [0.1, 0.15) is 0 Å². The van der Waals surface area contributed by atoms with Gasteiger partial charge in [-0.1, -0.05) is 44.0 Å². The molecule has 19 heavy (non-hydrogen) atoms. The molecule has 1 unspecified atom stereocenters. The van der Waals surface area contributed by atoms with E-state index in [1.165, 1.54) is 5.56 Å². The number of hydrogen-bond acceptors (Lipinski definition) is 1. The zero-order valence-corrected chi connectivity index (χ0v) is 14.1. The molecule has 2 nitrogen and oxygen atoms in total. The maximum Gasteiger partial charge on any atom is 0.223 e. The van der Waals surface area contributed by atoms with Crippen LogP contribution in [0.4, 0.5) is 0 Å². The summed E-state index contributed by atoms with van der Waals surface area (Å²) in [7, 11) is 0. The van der Waals surface area contributed by atoms with Crippen LogP contribution < -0.4 is 0 Å². The Morgan fingerprint density at radius 2 is 2.21 bits per heavy atom. The Balaban J connectivity index is 2.02. The Labute approximate surface area is 131 Å². The van der Waals surface area contributed by atoms with Gasteiger partial charge in [0.05, 0.1) is 6.04 Å². The van der Waals surface area contributed by atoms with Crippen LogP contribution in [0.25, 0.3) is 0 Å². The fraction of sp³-hybridized carbons (Fsp3) is 0.533. The van der Waals surface area contributed by atoms with E-state index in [2.05, 4.69) is 48.9 Å². The van der Waals surface area contributed by atoms with Gasteiger partial charge in [0.15, 0.2) is 0 Å². The van der Waals surface area contributed by atoms with Gasteiger partial charge < -0.3 is 4.90 Å². The van der Waals surface area contributed by atoms with Crippen molar-refractivity contribution in [3.8, 4) is 0 Å². The van der Waals surface area contributed by atoms with E-state index in [1.807, 2.05) is 12.1 Å². The molecule has 1 aromatic carbocycles. The van der Waals surface area contributed by atoms with Crippen LogP contribution in [-0.4, -0.2) is 22.7 Å². The van der Waals surface area contributed by atoms with E-state index in [4.69, 9.17) is 0 Å². The van der Waals surface area contributed by atoms with Crippen LogP contribution in [0.3, 0.4) is 0 Å². The fourth-order valence-electron chi connectivity index (χ4n) is 2.64. The number of unbranched alkanes of at least 4 members (excludes halogenated alkanes) is 1. The van der Waals surface area contributed by atoms with Crippen molar-refractivity contribution in [2.24, 2.45) is 0 Å². The largest absolute Gasteiger partial charge is 0.336 e. The minimum Gasteiger partial charge on any atom is -0.336 e. The first kappa shape index (κ1) is 15.0. The summed E-state index contributed by atoms with van der Waals surface area (Å²) in [6.45, 7) is 0.907. The van der Waals surface area contributed by atoms with Gasteiger partial charge in [-0.3, -0.25) is 4.79 Å². The molecule has 1 aromatic rings. The molecular weight excluding hydrogens is 370 g/mol. The molecule has 1 fully saturated rings. The highest BCUT2D eigenvalue weighted by molar-refractivity contribution is 9.10. The summed E-state index contributed by atoms with van der Waals surface area (Å²) in [6.07, 6.45) is 4.92. The van der Waals surface area contributed by atoms with Crippen LogP contribution in [0, 0.1) is 0 Å². The van der Waals surface area contributed by atoms with Gasteiger partial charge in [0, 0.05) is 22.8 Å².